The summed E-state index contributed by atoms with van der Waals surface area (Å²) < 4.78 is 0. The molecule has 0 saturated carbocycles. The first-order chi connectivity index (χ1) is 7.85. The topological polar surface area (TPSA) is 23.8 Å². The van der Waals surface area contributed by atoms with E-state index in [4.69, 9.17) is 5.26 Å². The maximum absolute atomic E-state index is 9.06. The predicted molar refractivity (Wildman–Crippen MR) is 71.7 cm³/mol. The first kappa shape index (κ1) is 9.52. The molecule has 1 saturated heterocycles. The Morgan fingerprint density at radius 3 is 3.00 bits per heavy atom. The fourth-order valence-corrected chi connectivity index (χ4v) is 12.9. The third-order valence-electron chi connectivity index (χ3n) is 4.40. The summed E-state index contributed by atoms with van der Waals surface area (Å²) in [6.45, 7) is 0. The molecular formula is C12H11NS2Si. The average Bonchev–Trinajstić information content (AvgIpc) is 2.83. The van der Waals surface area contributed by atoms with Gasteiger partial charge < -0.3 is 0 Å². The molecule has 4 rings (SSSR count). The van der Waals surface area contributed by atoms with Gasteiger partial charge in [-0.05, 0) is 16.1 Å². The van der Waals surface area contributed by atoms with E-state index >= 15 is 0 Å². The highest BCUT2D eigenvalue weighted by molar-refractivity contribution is 8.04. The van der Waals surface area contributed by atoms with Crippen molar-refractivity contribution < 1.29 is 0 Å². The van der Waals surface area contributed by atoms with Crippen molar-refractivity contribution in [1.29, 1.82) is 5.26 Å². The van der Waals surface area contributed by atoms with Crippen molar-refractivity contribution in [1.82, 2.24) is 0 Å². The minimum Gasteiger partial charge on any atom is -0.192 e. The van der Waals surface area contributed by atoms with Crippen LogP contribution in [-0.4, -0.2) is 8.07 Å². The normalized spacial score (nSPS) is 32.8. The molecule has 0 amide bonds. The molecule has 4 heteroatoms. The van der Waals surface area contributed by atoms with Crippen molar-refractivity contribution in [3.63, 3.8) is 0 Å². The minimum atomic E-state index is -1.17. The number of hydrogen-bond donors (Lipinski definition) is 0. The fraction of sp³-hybridized carbons (Fsp3) is 0.417. The first-order valence-corrected chi connectivity index (χ1v) is 9.97. The molecule has 3 aliphatic rings. The van der Waals surface area contributed by atoms with Crippen LogP contribution < -0.4 is 5.19 Å². The summed E-state index contributed by atoms with van der Waals surface area (Å²) >= 11 is 3.75. The Kier molecular flexibility index (Phi) is 1.81. The summed E-state index contributed by atoms with van der Waals surface area (Å²) in [5, 5.41) is 13.7. The molecule has 1 aromatic heterocycles. The van der Waals surface area contributed by atoms with Crippen molar-refractivity contribution in [2.45, 2.75) is 29.3 Å². The maximum atomic E-state index is 9.06. The second-order valence-corrected chi connectivity index (χ2v) is 11.6. The monoisotopic (exact) mass is 261 g/mol. The van der Waals surface area contributed by atoms with Gasteiger partial charge >= 0.3 is 0 Å². The maximum Gasteiger partial charge on any atom is 0.106 e. The van der Waals surface area contributed by atoms with Gasteiger partial charge in [0.2, 0.25) is 0 Å². The van der Waals surface area contributed by atoms with Gasteiger partial charge in [-0.25, -0.2) is 0 Å². The number of allylic oxidation sites excluding steroid dienone is 2. The molecule has 0 bridgehead atoms. The van der Waals surface area contributed by atoms with Crippen LogP contribution in [0.1, 0.15) is 16.5 Å². The van der Waals surface area contributed by atoms with Crippen LogP contribution in [0.25, 0.3) is 0 Å². The highest BCUT2D eigenvalue weighted by atomic mass is 32.2. The molecule has 1 fully saturated rings. The molecule has 0 N–H and O–H groups in total. The second kappa shape index (κ2) is 3.04. The summed E-state index contributed by atoms with van der Waals surface area (Å²) in [7, 11) is -1.17. The zero-order valence-corrected chi connectivity index (χ0v) is 11.4. The van der Waals surface area contributed by atoms with Crippen LogP contribution in [-0.2, 0) is 0 Å². The lowest BCUT2D eigenvalue weighted by Gasteiger charge is -2.40. The number of thioether (sulfide) groups is 1. The molecule has 0 aromatic carbocycles. The zero-order chi connectivity index (χ0) is 10.8. The van der Waals surface area contributed by atoms with E-state index in [2.05, 4.69) is 23.6 Å². The summed E-state index contributed by atoms with van der Waals surface area (Å²) in [6, 6.07) is 7.68. The Bertz CT molecular complexity index is 535. The minimum absolute atomic E-state index is 0.622. The standard InChI is InChI=1S/C12H11NS2Si/c13-7-8-6-10-12(15-8)11-9(2-3-14-11)16(10)4-1-5-16/h2-3,6,10,12H,1,4-5H2. The molecule has 2 atom stereocenters. The number of nitrogens with zero attached hydrogens (tertiary/aromatic N) is 1. The second-order valence-electron chi connectivity index (χ2n) is 4.92. The quantitative estimate of drug-likeness (QED) is 0.668. The van der Waals surface area contributed by atoms with Gasteiger partial charge in [0.1, 0.15) is 6.07 Å². The van der Waals surface area contributed by atoms with Gasteiger partial charge in [0.15, 0.2) is 0 Å². The highest BCUT2D eigenvalue weighted by Gasteiger charge is 2.58. The lowest BCUT2D eigenvalue weighted by atomic mass is 10.2. The summed E-state index contributed by atoms with van der Waals surface area (Å²) in [5.74, 6) is 0. The number of fused-ring (bicyclic) bond motifs is 5. The van der Waals surface area contributed by atoms with E-state index in [-0.39, 0.29) is 0 Å². The Morgan fingerprint density at radius 2 is 2.31 bits per heavy atom. The molecule has 1 aromatic rings. The van der Waals surface area contributed by atoms with Crippen molar-refractivity contribution >= 4 is 36.4 Å². The van der Waals surface area contributed by atoms with Crippen molar-refractivity contribution in [2.75, 3.05) is 0 Å². The third-order valence-corrected chi connectivity index (χ3v) is 13.0. The number of rotatable bonds is 0. The van der Waals surface area contributed by atoms with Crippen LogP contribution in [0.3, 0.4) is 0 Å². The van der Waals surface area contributed by atoms with E-state index in [0.717, 1.165) is 10.4 Å². The van der Waals surface area contributed by atoms with E-state index in [0.29, 0.717) is 5.25 Å². The van der Waals surface area contributed by atoms with Crippen molar-refractivity contribution in [3.05, 3.63) is 27.3 Å². The van der Waals surface area contributed by atoms with Gasteiger partial charge in [-0.3, -0.25) is 0 Å². The molecule has 1 spiro atoms. The van der Waals surface area contributed by atoms with Crippen LogP contribution in [0, 0.1) is 11.3 Å². The molecular weight excluding hydrogens is 250 g/mol. The van der Waals surface area contributed by atoms with E-state index < -0.39 is 8.07 Å². The molecule has 16 heavy (non-hydrogen) atoms. The van der Waals surface area contributed by atoms with Gasteiger partial charge in [0.25, 0.3) is 0 Å². The van der Waals surface area contributed by atoms with Gasteiger partial charge in [-0.1, -0.05) is 30.7 Å². The summed E-state index contributed by atoms with van der Waals surface area (Å²) in [5.41, 5.74) is 0.753. The average molecular weight is 261 g/mol. The van der Waals surface area contributed by atoms with Crippen molar-refractivity contribution in [2.24, 2.45) is 0 Å². The summed E-state index contributed by atoms with van der Waals surface area (Å²) in [6.07, 6.45) is 3.73. The first-order valence-electron chi connectivity index (χ1n) is 5.72. The van der Waals surface area contributed by atoms with Gasteiger partial charge in [0, 0.05) is 10.1 Å². The molecule has 3 aliphatic heterocycles. The zero-order valence-electron chi connectivity index (χ0n) is 8.77. The van der Waals surface area contributed by atoms with Crippen LogP contribution in [0.4, 0.5) is 0 Å². The summed E-state index contributed by atoms with van der Waals surface area (Å²) in [4.78, 5) is 2.59. The smallest absolute Gasteiger partial charge is 0.106 e. The van der Waals surface area contributed by atoms with E-state index in [9.17, 15) is 0 Å². The Hall–Kier alpha value is -0.503. The fourth-order valence-electron chi connectivity index (χ4n) is 3.52. The van der Waals surface area contributed by atoms with Gasteiger partial charge in [-0.15, -0.1) is 23.1 Å². The van der Waals surface area contributed by atoms with E-state index in [1.54, 1.807) is 10.1 Å². The number of nitriles is 1. The van der Waals surface area contributed by atoms with Crippen molar-refractivity contribution in [3.8, 4) is 6.07 Å². The van der Waals surface area contributed by atoms with Crippen LogP contribution in [0.5, 0.6) is 0 Å². The van der Waals surface area contributed by atoms with Crippen LogP contribution in [0.15, 0.2) is 22.4 Å². The molecule has 0 aliphatic carbocycles. The molecule has 80 valence electrons. The highest BCUT2D eigenvalue weighted by Crippen LogP contribution is 2.63. The van der Waals surface area contributed by atoms with Gasteiger partial charge in [0.05, 0.1) is 13.0 Å². The van der Waals surface area contributed by atoms with E-state index in [1.807, 2.05) is 23.1 Å². The lowest BCUT2D eigenvalue weighted by Crippen LogP contribution is -2.53. The van der Waals surface area contributed by atoms with Crippen LogP contribution >= 0.6 is 23.1 Å². The Balaban J connectivity index is 1.88. The largest absolute Gasteiger partial charge is 0.192 e. The third kappa shape index (κ3) is 0.934. The van der Waals surface area contributed by atoms with E-state index in [1.165, 1.54) is 18.5 Å². The predicted octanol–water partition coefficient (Wildman–Crippen LogP) is 3.39. The molecule has 2 unspecified atom stereocenters. The van der Waals surface area contributed by atoms with Crippen LogP contribution in [0.2, 0.25) is 17.6 Å². The Labute approximate surface area is 104 Å². The number of hydrogen-bond acceptors (Lipinski definition) is 3. The molecule has 1 nitrogen and oxygen atoms in total. The SMILES string of the molecule is N#CC1=CC2C(S1)c1sccc1[Si]21CCC1. The number of thiophene rings is 1. The molecule has 0 radical (unpaired) electrons. The van der Waals surface area contributed by atoms with Gasteiger partial charge in [-0.2, -0.15) is 5.26 Å². The Morgan fingerprint density at radius 1 is 1.44 bits per heavy atom. The lowest BCUT2D eigenvalue weighted by molar-refractivity contribution is 0.850. The molecule has 4 heterocycles.